The van der Waals surface area contributed by atoms with Crippen molar-refractivity contribution in [1.29, 1.82) is 0 Å². The fourth-order valence-corrected chi connectivity index (χ4v) is 4.02. The molecule has 3 N–H and O–H groups in total. The van der Waals surface area contributed by atoms with Gasteiger partial charge >= 0.3 is 5.97 Å². The van der Waals surface area contributed by atoms with E-state index >= 15 is 0 Å². The van der Waals surface area contributed by atoms with E-state index in [0.29, 0.717) is 36.7 Å². The van der Waals surface area contributed by atoms with Crippen molar-refractivity contribution in [2.75, 3.05) is 18.2 Å². The summed E-state index contributed by atoms with van der Waals surface area (Å²) in [6, 6.07) is 3.56. The maximum atomic E-state index is 12.2. The minimum atomic E-state index is -0.338. The third-order valence-electron chi connectivity index (χ3n) is 5.10. The Bertz CT molecular complexity index is 589. The van der Waals surface area contributed by atoms with Gasteiger partial charge in [-0.2, -0.15) is 0 Å². The van der Waals surface area contributed by atoms with E-state index in [9.17, 15) is 4.79 Å². The summed E-state index contributed by atoms with van der Waals surface area (Å²) in [6.45, 7) is 3.22. The van der Waals surface area contributed by atoms with Crippen LogP contribution in [0.15, 0.2) is 16.6 Å². The monoisotopic (exact) mass is 430 g/mol. The Morgan fingerprint density at radius 2 is 2.08 bits per heavy atom. The Balaban J connectivity index is 2.10. The van der Waals surface area contributed by atoms with E-state index in [1.54, 1.807) is 6.07 Å². The molecule has 0 atom stereocenters. The van der Waals surface area contributed by atoms with Crippen molar-refractivity contribution in [1.82, 2.24) is 5.32 Å². The van der Waals surface area contributed by atoms with Crippen molar-refractivity contribution in [3.63, 3.8) is 0 Å². The number of benzene rings is 1. The lowest BCUT2D eigenvalue weighted by molar-refractivity contribution is 0.0506. The Morgan fingerprint density at radius 1 is 1.36 bits per heavy atom. The van der Waals surface area contributed by atoms with Gasteiger partial charge < -0.3 is 15.8 Å². The average Bonchev–Trinajstić information content (AvgIpc) is 2.63. The number of halogens is 2. The van der Waals surface area contributed by atoms with E-state index in [1.807, 2.05) is 6.07 Å². The average molecular weight is 432 g/mol. The smallest absolute Gasteiger partial charge is 0.338 e. The number of esters is 1. The first kappa shape index (κ1) is 20.5. The first-order valence-electron chi connectivity index (χ1n) is 9.07. The Morgan fingerprint density at radius 3 is 2.72 bits per heavy atom. The second kappa shape index (κ2) is 9.79. The zero-order valence-corrected chi connectivity index (χ0v) is 17.2. The molecule has 0 radical (unpaired) electrons. The van der Waals surface area contributed by atoms with Crippen LogP contribution in [-0.2, 0) is 11.3 Å². The minimum Gasteiger partial charge on any atom is -0.462 e. The van der Waals surface area contributed by atoms with Gasteiger partial charge in [0.1, 0.15) is 0 Å². The van der Waals surface area contributed by atoms with Crippen LogP contribution in [0.3, 0.4) is 0 Å². The lowest BCUT2D eigenvalue weighted by Gasteiger charge is -2.38. The van der Waals surface area contributed by atoms with Crippen molar-refractivity contribution < 1.29 is 9.53 Å². The molecule has 1 aliphatic carbocycles. The van der Waals surface area contributed by atoms with Crippen LogP contribution < -0.4 is 11.1 Å². The van der Waals surface area contributed by atoms with Crippen LogP contribution in [-0.4, -0.2) is 24.0 Å². The summed E-state index contributed by atoms with van der Waals surface area (Å²) in [5.41, 5.74) is 8.52. The zero-order chi connectivity index (χ0) is 18.3. The summed E-state index contributed by atoms with van der Waals surface area (Å²) in [4.78, 5) is 12.2. The molecule has 0 spiro atoms. The Labute approximate surface area is 164 Å². The summed E-state index contributed by atoms with van der Waals surface area (Å²) in [6.07, 6.45) is 8.02. The number of ether oxygens (including phenoxy) is 1. The SMILES string of the molecule is CCC1(NCc2cc(C(=O)OCCCCl)cc(Br)c2N)CCCCC1. The number of hydrogen-bond acceptors (Lipinski definition) is 4. The van der Waals surface area contributed by atoms with E-state index in [1.165, 1.54) is 32.1 Å². The lowest BCUT2D eigenvalue weighted by Crippen LogP contribution is -2.45. The molecule has 0 unspecified atom stereocenters. The molecule has 0 aromatic heterocycles. The van der Waals surface area contributed by atoms with Crippen LogP contribution in [0.4, 0.5) is 5.69 Å². The maximum absolute atomic E-state index is 12.2. The third-order valence-corrected chi connectivity index (χ3v) is 6.03. The van der Waals surface area contributed by atoms with Gasteiger partial charge in [-0.25, -0.2) is 4.79 Å². The molecule has 140 valence electrons. The first-order chi connectivity index (χ1) is 12.0. The van der Waals surface area contributed by atoms with E-state index < -0.39 is 0 Å². The van der Waals surface area contributed by atoms with Gasteiger partial charge in [0.25, 0.3) is 0 Å². The van der Waals surface area contributed by atoms with E-state index in [-0.39, 0.29) is 11.5 Å². The Hall–Kier alpha value is -0.780. The number of hydrogen-bond donors (Lipinski definition) is 2. The first-order valence-corrected chi connectivity index (χ1v) is 10.4. The molecule has 25 heavy (non-hydrogen) atoms. The molecule has 0 aliphatic heterocycles. The van der Waals surface area contributed by atoms with Gasteiger partial charge in [0.05, 0.1) is 17.9 Å². The number of nitrogen functional groups attached to an aromatic ring is 1. The molecule has 0 saturated heterocycles. The molecule has 2 rings (SSSR count). The molecule has 1 fully saturated rings. The maximum Gasteiger partial charge on any atom is 0.338 e. The number of nitrogens with one attached hydrogen (secondary N) is 1. The van der Waals surface area contributed by atoms with Crippen molar-refractivity contribution in [2.45, 2.75) is 64.0 Å². The van der Waals surface area contributed by atoms with Crippen molar-refractivity contribution in [3.8, 4) is 0 Å². The fraction of sp³-hybridized carbons (Fsp3) is 0.632. The lowest BCUT2D eigenvalue weighted by atomic mass is 9.79. The molecule has 1 aliphatic rings. The Kier molecular flexibility index (Phi) is 8.04. The second-order valence-electron chi connectivity index (χ2n) is 6.76. The highest BCUT2D eigenvalue weighted by molar-refractivity contribution is 9.10. The molecule has 1 aromatic rings. The van der Waals surface area contributed by atoms with Gasteiger partial charge in [0.2, 0.25) is 0 Å². The number of carbonyl (C=O) groups is 1. The fourth-order valence-electron chi connectivity index (χ4n) is 3.41. The quantitative estimate of drug-likeness (QED) is 0.262. The molecule has 6 heteroatoms. The molecule has 0 heterocycles. The van der Waals surface area contributed by atoms with E-state index in [0.717, 1.165) is 16.5 Å². The van der Waals surface area contributed by atoms with Gasteiger partial charge in [-0.05, 0) is 59.3 Å². The largest absolute Gasteiger partial charge is 0.462 e. The highest BCUT2D eigenvalue weighted by Crippen LogP contribution is 2.32. The number of anilines is 1. The van der Waals surface area contributed by atoms with Crippen LogP contribution in [0.5, 0.6) is 0 Å². The summed E-state index contributed by atoms with van der Waals surface area (Å²) in [5, 5.41) is 3.72. The molecule has 1 saturated carbocycles. The molecule has 4 nitrogen and oxygen atoms in total. The van der Waals surface area contributed by atoms with Gasteiger partial charge in [-0.3, -0.25) is 0 Å². The van der Waals surface area contributed by atoms with Crippen LogP contribution in [0.2, 0.25) is 0 Å². The number of rotatable bonds is 8. The van der Waals surface area contributed by atoms with Gasteiger partial charge in [-0.1, -0.05) is 26.2 Å². The number of carbonyl (C=O) groups excluding carboxylic acids is 1. The highest BCUT2D eigenvalue weighted by atomic mass is 79.9. The third kappa shape index (κ3) is 5.60. The van der Waals surface area contributed by atoms with E-state index in [2.05, 4.69) is 28.2 Å². The van der Waals surface area contributed by atoms with Crippen LogP contribution in [0.1, 0.15) is 67.8 Å². The topological polar surface area (TPSA) is 64.3 Å². The zero-order valence-electron chi connectivity index (χ0n) is 14.9. The minimum absolute atomic E-state index is 0.189. The van der Waals surface area contributed by atoms with Crippen LogP contribution >= 0.6 is 27.5 Å². The summed E-state index contributed by atoms with van der Waals surface area (Å²) < 4.78 is 5.98. The standard InChI is InChI=1S/C19H28BrClN2O2/c1-2-19(7-4-3-5-8-19)23-13-15-11-14(12-16(20)17(15)22)18(24)25-10-6-9-21/h11-12,23H,2-10,13,22H2,1H3. The molecular formula is C19H28BrClN2O2. The van der Waals surface area contributed by atoms with E-state index in [4.69, 9.17) is 22.1 Å². The summed E-state index contributed by atoms with van der Waals surface area (Å²) >= 11 is 9.08. The van der Waals surface area contributed by atoms with Crippen molar-refractivity contribution >= 4 is 39.2 Å². The number of alkyl halides is 1. The van der Waals surface area contributed by atoms with Crippen LogP contribution in [0.25, 0.3) is 0 Å². The van der Waals surface area contributed by atoms with Crippen molar-refractivity contribution in [2.24, 2.45) is 0 Å². The number of nitrogens with two attached hydrogens (primary N) is 1. The molecule has 1 aromatic carbocycles. The second-order valence-corrected chi connectivity index (χ2v) is 7.99. The van der Waals surface area contributed by atoms with Gasteiger partial charge in [-0.15, -0.1) is 11.6 Å². The predicted molar refractivity (Wildman–Crippen MR) is 107 cm³/mol. The molecule has 0 amide bonds. The van der Waals surface area contributed by atoms with Gasteiger partial charge in [0, 0.05) is 22.4 Å². The van der Waals surface area contributed by atoms with Crippen LogP contribution in [0, 0.1) is 0 Å². The predicted octanol–water partition coefficient (Wildman–Crippen LogP) is 5.02. The summed E-state index contributed by atoms with van der Waals surface area (Å²) in [5.74, 6) is 0.141. The van der Waals surface area contributed by atoms with Crippen molar-refractivity contribution in [3.05, 3.63) is 27.7 Å². The normalized spacial score (nSPS) is 16.6. The highest BCUT2D eigenvalue weighted by Gasteiger charge is 2.29. The summed E-state index contributed by atoms with van der Waals surface area (Å²) in [7, 11) is 0. The van der Waals surface area contributed by atoms with Gasteiger partial charge in [0.15, 0.2) is 0 Å². The molecular weight excluding hydrogens is 404 g/mol. The molecule has 0 bridgehead atoms.